The number of benzene rings is 4. The van der Waals surface area contributed by atoms with Gasteiger partial charge in [-0.1, -0.05) is 73.3 Å². The molecule has 4 aromatic carbocycles. The molecule has 32 heavy (non-hydrogen) atoms. The van der Waals surface area contributed by atoms with Crippen molar-refractivity contribution in [1.29, 1.82) is 0 Å². The van der Waals surface area contributed by atoms with Gasteiger partial charge in [0.1, 0.15) is 0 Å². The smallest absolute Gasteiger partial charge is 0.0641 e. The van der Waals surface area contributed by atoms with E-state index in [0.717, 1.165) is 49.8 Å². The maximum atomic E-state index is 6.91. The van der Waals surface area contributed by atoms with E-state index in [1.165, 1.54) is 16.3 Å². The molecule has 2 aromatic heterocycles. The Morgan fingerprint density at radius 2 is 1.44 bits per heavy atom. The number of rotatable bonds is 3. The van der Waals surface area contributed by atoms with Gasteiger partial charge in [-0.3, -0.25) is 0 Å². The fourth-order valence-corrected chi connectivity index (χ4v) is 5.15. The molecule has 0 radical (unpaired) electrons. The highest BCUT2D eigenvalue weighted by molar-refractivity contribution is 6.28. The summed E-state index contributed by atoms with van der Waals surface area (Å²) in [5, 5.41) is 4.60. The lowest BCUT2D eigenvalue weighted by atomic mass is 9.93. The van der Waals surface area contributed by atoms with E-state index in [2.05, 4.69) is 78.6 Å². The highest BCUT2D eigenvalue weighted by atomic mass is 14.9. The van der Waals surface area contributed by atoms with Crippen LogP contribution in [0, 0.1) is 6.92 Å². The topological polar surface area (TPSA) is 56.5 Å². The van der Waals surface area contributed by atoms with Gasteiger partial charge in [-0.05, 0) is 30.7 Å². The van der Waals surface area contributed by atoms with Crippen molar-refractivity contribution in [2.45, 2.75) is 6.92 Å². The van der Waals surface area contributed by atoms with Crippen molar-refractivity contribution in [3.8, 4) is 0 Å². The zero-order valence-electron chi connectivity index (χ0n) is 17.9. The van der Waals surface area contributed by atoms with Gasteiger partial charge in [-0.25, -0.2) is 0 Å². The van der Waals surface area contributed by atoms with Crippen molar-refractivity contribution in [1.82, 2.24) is 4.40 Å². The largest absolute Gasteiger partial charge is 0.398 e. The quantitative estimate of drug-likeness (QED) is 0.192. The Morgan fingerprint density at radius 3 is 2.16 bits per heavy atom. The number of nitrogens with two attached hydrogens (primary N) is 2. The van der Waals surface area contributed by atoms with E-state index in [9.17, 15) is 0 Å². The number of hydrogen-bond donors (Lipinski definition) is 2. The summed E-state index contributed by atoms with van der Waals surface area (Å²) in [4.78, 5) is 0. The zero-order chi connectivity index (χ0) is 22.0. The molecule has 0 aliphatic carbocycles. The second-order valence-electron chi connectivity index (χ2n) is 8.33. The van der Waals surface area contributed by atoms with Crippen molar-refractivity contribution < 1.29 is 0 Å². The third-order valence-corrected chi connectivity index (χ3v) is 6.63. The molecular formula is C29H23N3. The van der Waals surface area contributed by atoms with Gasteiger partial charge >= 0.3 is 0 Å². The minimum absolute atomic E-state index is 0.686. The minimum atomic E-state index is 0.686. The van der Waals surface area contributed by atoms with E-state index < -0.39 is 0 Å². The van der Waals surface area contributed by atoms with E-state index in [4.69, 9.17) is 11.5 Å². The molecule has 2 heterocycles. The van der Waals surface area contributed by atoms with E-state index in [0.29, 0.717) is 5.70 Å². The highest BCUT2D eigenvalue weighted by Gasteiger charge is 2.22. The number of allylic oxidation sites excluding steroid dienone is 2. The van der Waals surface area contributed by atoms with Crippen molar-refractivity contribution in [3.05, 3.63) is 108 Å². The molecule has 0 atom stereocenters. The summed E-state index contributed by atoms with van der Waals surface area (Å²) in [6.07, 6.45) is 1.83. The lowest BCUT2D eigenvalue weighted by Crippen LogP contribution is -2.04. The molecule has 3 nitrogen and oxygen atoms in total. The molecule has 0 saturated carbocycles. The summed E-state index contributed by atoms with van der Waals surface area (Å²) in [5.41, 5.74) is 22.5. The minimum Gasteiger partial charge on any atom is -0.398 e. The molecule has 0 saturated heterocycles. The van der Waals surface area contributed by atoms with Crippen LogP contribution in [0.5, 0.6) is 0 Å². The van der Waals surface area contributed by atoms with E-state index >= 15 is 0 Å². The number of anilines is 1. The van der Waals surface area contributed by atoms with Crippen molar-refractivity contribution in [2.75, 3.05) is 5.73 Å². The fraction of sp³-hybridized carbons (Fsp3) is 0.0345. The predicted octanol–water partition coefficient (Wildman–Crippen LogP) is 6.74. The Bertz CT molecular complexity index is 1720. The number of aryl methyl sites for hydroxylation is 1. The Labute approximate surface area is 186 Å². The third kappa shape index (κ3) is 2.31. The SMILES string of the molecule is C=C/C(=C(/N)c1ccccc1C)c1cc2c3ccccc3n3c4ccccc4c(c1N)c23. The fourth-order valence-electron chi connectivity index (χ4n) is 5.15. The maximum absolute atomic E-state index is 6.91. The van der Waals surface area contributed by atoms with Crippen LogP contribution in [0.3, 0.4) is 0 Å². The summed E-state index contributed by atoms with van der Waals surface area (Å²) >= 11 is 0. The molecule has 0 unspecified atom stereocenters. The first-order valence-electron chi connectivity index (χ1n) is 10.8. The third-order valence-electron chi connectivity index (χ3n) is 6.63. The van der Waals surface area contributed by atoms with Gasteiger partial charge in [0.2, 0.25) is 0 Å². The number of nitrogen functional groups attached to an aromatic ring is 1. The molecule has 0 fully saturated rings. The molecule has 0 aliphatic rings. The van der Waals surface area contributed by atoms with Crippen LogP contribution in [0.25, 0.3) is 49.4 Å². The molecule has 0 spiro atoms. The van der Waals surface area contributed by atoms with Crippen molar-refractivity contribution in [3.63, 3.8) is 0 Å². The first kappa shape index (κ1) is 18.5. The van der Waals surface area contributed by atoms with Crippen LogP contribution in [0.1, 0.15) is 16.7 Å². The summed E-state index contributed by atoms with van der Waals surface area (Å²) in [7, 11) is 0. The number of para-hydroxylation sites is 2. The van der Waals surface area contributed by atoms with Crippen molar-refractivity contribution in [2.24, 2.45) is 5.73 Å². The normalized spacial score (nSPS) is 12.8. The second-order valence-corrected chi connectivity index (χ2v) is 8.33. The van der Waals surface area contributed by atoms with Gasteiger partial charge in [0.05, 0.1) is 16.6 Å². The Kier molecular flexibility index (Phi) is 3.84. The van der Waals surface area contributed by atoms with Crippen LogP contribution in [0.2, 0.25) is 0 Å². The number of aromatic nitrogens is 1. The molecule has 154 valence electrons. The molecule has 6 rings (SSSR count). The molecule has 0 aliphatic heterocycles. The van der Waals surface area contributed by atoms with Crippen LogP contribution in [0.15, 0.2) is 91.5 Å². The van der Waals surface area contributed by atoms with Gasteiger partial charge in [-0.15, -0.1) is 0 Å². The molecule has 6 aromatic rings. The first-order valence-corrected chi connectivity index (χ1v) is 10.8. The monoisotopic (exact) mass is 413 g/mol. The molecule has 0 amide bonds. The molecule has 4 N–H and O–H groups in total. The van der Waals surface area contributed by atoms with E-state index in [1.807, 2.05) is 24.3 Å². The standard InChI is InChI=1S/C29H23N3/c1-3-18(27(30)19-11-5-4-10-17(19)2)22-16-23-20-12-6-8-14-24(20)32-25-15-9-7-13-21(25)26(28(22)31)29(23)32/h3-16H,1,30-31H2,2H3/b27-18-. The van der Waals surface area contributed by atoms with Gasteiger partial charge in [0, 0.05) is 49.6 Å². The van der Waals surface area contributed by atoms with E-state index in [1.54, 1.807) is 0 Å². The lowest BCUT2D eigenvalue weighted by molar-refractivity contribution is 1.37. The lowest BCUT2D eigenvalue weighted by Gasteiger charge is -2.15. The van der Waals surface area contributed by atoms with Gasteiger partial charge in [0.25, 0.3) is 0 Å². The van der Waals surface area contributed by atoms with Gasteiger partial charge in [0.15, 0.2) is 0 Å². The summed E-state index contributed by atoms with van der Waals surface area (Å²) < 4.78 is 2.33. The maximum Gasteiger partial charge on any atom is 0.0641 e. The van der Waals surface area contributed by atoms with Gasteiger partial charge in [-0.2, -0.15) is 0 Å². The Balaban J connectivity index is 1.82. The summed E-state index contributed by atoms with van der Waals surface area (Å²) in [5.74, 6) is 0. The van der Waals surface area contributed by atoms with Crippen LogP contribution in [0.4, 0.5) is 5.69 Å². The van der Waals surface area contributed by atoms with Crippen LogP contribution in [-0.4, -0.2) is 4.40 Å². The summed E-state index contributed by atoms with van der Waals surface area (Å²) in [6.45, 7) is 6.17. The highest BCUT2D eigenvalue weighted by Crippen LogP contribution is 2.45. The number of fused-ring (bicyclic) bond motifs is 6. The number of nitrogens with zero attached hydrogens (tertiary/aromatic N) is 1. The Morgan fingerprint density at radius 1 is 0.812 bits per heavy atom. The zero-order valence-corrected chi connectivity index (χ0v) is 17.9. The van der Waals surface area contributed by atoms with Crippen LogP contribution in [-0.2, 0) is 0 Å². The average Bonchev–Trinajstić information content (AvgIpc) is 3.33. The molecular weight excluding hydrogens is 390 g/mol. The molecule has 3 heteroatoms. The van der Waals surface area contributed by atoms with Crippen LogP contribution < -0.4 is 11.5 Å². The van der Waals surface area contributed by atoms with Crippen molar-refractivity contribution >= 4 is 55.1 Å². The second kappa shape index (κ2) is 6.63. The predicted molar refractivity (Wildman–Crippen MR) is 138 cm³/mol. The number of hydrogen-bond acceptors (Lipinski definition) is 2. The summed E-state index contributed by atoms with van der Waals surface area (Å²) in [6, 6.07) is 27.3. The Hall–Kier alpha value is -4.24. The van der Waals surface area contributed by atoms with Crippen LogP contribution >= 0.6 is 0 Å². The first-order chi connectivity index (χ1) is 15.6. The average molecular weight is 414 g/mol. The molecule has 0 bridgehead atoms. The van der Waals surface area contributed by atoms with Gasteiger partial charge < -0.3 is 15.9 Å². The van der Waals surface area contributed by atoms with E-state index in [-0.39, 0.29) is 0 Å².